The van der Waals surface area contributed by atoms with Crippen LogP contribution < -0.4 is 5.73 Å². The van der Waals surface area contributed by atoms with Crippen molar-refractivity contribution in [2.45, 2.75) is 44.4 Å². The predicted molar refractivity (Wildman–Crippen MR) is 80.1 cm³/mol. The number of ether oxygens (including phenoxy) is 2. The van der Waals surface area contributed by atoms with E-state index in [4.69, 9.17) is 15.2 Å². The molecule has 19 heavy (non-hydrogen) atoms. The Kier molecular flexibility index (Phi) is 5.82. The molecule has 0 bridgehead atoms. The van der Waals surface area contributed by atoms with Crippen LogP contribution in [0.2, 0.25) is 0 Å². The molecule has 1 aromatic rings. The van der Waals surface area contributed by atoms with Gasteiger partial charge in [0.1, 0.15) is 0 Å². The van der Waals surface area contributed by atoms with Crippen LogP contribution in [0.4, 0.5) is 0 Å². The summed E-state index contributed by atoms with van der Waals surface area (Å²) in [6.07, 6.45) is 3.63. The van der Waals surface area contributed by atoms with Crippen molar-refractivity contribution < 1.29 is 9.47 Å². The maximum absolute atomic E-state index is 6.05. The van der Waals surface area contributed by atoms with Crippen molar-refractivity contribution in [3.8, 4) is 0 Å². The quantitative estimate of drug-likeness (QED) is 0.901. The van der Waals surface area contributed by atoms with Crippen LogP contribution in [0.15, 0.2) is 28.7 Å². The fourth-order valence-corrected chi connectivity index (χ4v) is 2.80. The summed E-state index contributed by atoms with van der Waals surface area (Å²) in [7, 11) is 0. The second kappa shape index (κ2) is 7.39. The van der Waals surface area contributed by atoms with E-state index in [9.17, 15) is 0 Å². The highest BCUT2D eigenvalue weighted by Gasteiger charge is 2.21. The molecular formula is C15H22BrNO2. The summed E-state index contributed by atoms with van der Waals surface area (Å²) in [4.78, 5) is 0. The average Bonchev–Trinajstić information content (AvgIpc) is 2.40. The lowest BCUT2D eigenvalue weighted by molar-refractivity contribution is -0.0680. The van der Waals surface area contributed by atoms with Crippen molar-refractivity contribution in [3.05, 3.63) is 34.3 Å². The van der Waals surface area contributed by atoms with Gasteiger partial charge in [0.05, 0.1) is 18.8 Å². The van der Waals surface area contributed by atoms with Gasteiger partial charge in [-0.1, -0.05) is 28.1 Å². The van der Waals surface area contributed by atoms with Gasteiger partial charge in [-0.3, -0.25) is 0 Å². The molecule has 0 aliphatic carbocycles. The zero-order valence-electron chi connectivity index (χ0n) is 11.3. The topological polar surface area (TPSA) is 44.5 Å². The molecule has 3 nitrogen and oxygen atoms in total. The standard InChI is InChI=1S/C15H22BrNO2/c1-11(17)15(12-5-4-6-13(16)9-12)19-10-14-7-2-3-8-18-14/h4-6,9,11,14-15H,2-3,7-8,10,17H2,1H3. The lowest BCUT2D eigenvalue weighted by Gasteiger charge is -2.27. The van der Waals surface area contributed by atoms with Crippen molar-refractivity contribution in [2.24, 2.45) is 5.73 Å². The molecule has 0 amide bonds. The van der Waals surface area contributed by atoms with Crippen LogP contribution in [0.1, 0.15) is 37.9 Å². The van der Waals surface area contributed by atoms with E-state index in [1.807, 2.05) is 19.1 Å². The summed E-state index contributed by atoms with van der Waals surface area (Å²) < 4.78 is 12.8. The number of hydrogen-bond acceptors (Lipinski definition) is 3. The fourth-order valence-electron chi connectivity index (χ4n) is 2.38. The summed E-state index contributed by atoms with van der Waals surface area (Å²) in [6, 6.07) is 8.09. The summed E-state index contributed by atoms with van der Waals surface area (Å²) in [6.45, 7) is 3.46. The van der Waals surface area contributed by atoms with Crippen LogP contribution >= 0.6 is 15.9 Å². The minimum atomic E-state index is -0.0805. The first-order valence-corrected chi connectivity index (χ1v) is 7.70. The molecule has 1 aliphatic heterocycles. The molecule has 3 unspecified atom stereocenters. The number of hydrogen-bond donors (Lipinski definition) is 1. The van der Waals surface area contributed by atoms with E-state index in [1.54, 1.807) is 0 Å². The second-order valence-electron chi connectivity index (χ2n) is 5.16. The SMILES string of the molecule is CC(N)C(OCC1CCCCO1)c1cccc(Br)c1. The average molecular weight is 328 g/mol. The Morgan fingerprint density at radius 1 is 1.47 bits per heavy atom. The van der Waals surface area contributed by atoms with Crippen LogP contribution in [-0.4, -0.2) is 25.4 Å². The largest absolute Gasteiger partial charge is 0.376 e. The van der Waals surface area contributed by atoms with Gasteiger partial charge in [-0.15, -0.1) is 0 Å². The lowest BCUT2D eigenvalue weighted by Crippen LogP contribution is -2.31. The minimum Gasteiger partial charge on any atom is -0.376 e. The van der Waals surface area contributed by atoms with Gasteiger partial charge in [-0.25, -0.2) is 0 Å². The fraction of sp³-hybridized carbons (Fsp3) is 0.600. The molecule has 4 heteroatoms. The smallest absolute Gasteiger partial charge is 0.0974 e. The third-order valence-electron chi connectivity index (χ3n) is 3.39. The van der Waals surface area contributed by atoms with Crippen LogP contribution in [-0.2, 0) is 9.47 Å². The van der Waals surface area contributed by atoms with Crippen LogP contribution in [0, 0.1) is 0 Å². The van der Waals surface area contributed by atoms with Crippen molar-refractivity contribution in [2.75, 3.05) is 13.2 Å². The molecule has 0 radical (unpaired) electrons. The molecule has 1 aromatic carbocycles. The number of nitrogens with two attached hydrogens (primary N) is 1. The monoisotopic (exact) mass is 327 g/mol. The van der Waals surface area contributed by atoms with E-state index in [0.717, 1.165) is 23.1 Å². The third-order valence-corrected chi connectivity index (χ3v) is 3.88. The maximum Gasteiger partial charge on any atom is 0.0974 e. The Morgan fingerprint density at radius 2 is 2.32 bits per heavy atom. The Morgan fingerprint density at radius 3 is 2.95 bits per heavy atom. The normalized spacial score (nSPS) is 23.0. The van der Waals surface area contributed by atoms with Gasteiger partial charge >= 0.3 is 0 Å². The maximum atomic E-state index is 6.05. The van der Waals surface area contributed by atoms with E-state index < -0.39 is 0 Å². The van der Waals surface area contributed by atoms with Gasteiger partial charge in [0.2, 0.25) is 0 Å². The Hall–Kier alpha value is -0.420. The molecule has 1 fully saturated rings. The Balaban J connectivity index is 1.96. The van der Waals surface area contributed by atoms with E-state index in [1.165, 1.54) is 12.8 Å². The summed E-state index contributed by atoms with van der Waals surface area (Å²) in [5.41, 5.74) is 7.16. The molecule has 0 saturated carbocycles. The molecule has 0 aromatic heterocycles. The van der Waals surface area contributed by atoms with Gasteiger partial charge in [-0.05, 0) is 43.9 Å². The van der Waals surface area contributed by atoms with Gasteiger partial charge in [0.25, 0.3) is 0 Å². The predicted octanol–water partition coefficient (Wildman–Crippen LogP) is 3.42. The van der Waals surface area contributed by atoms with Gasteiger partial charge in [0, 0.05) is 17.1 Å². The number of halogens is 1. The van der Waals surface area contributed by atoms with E-state index >= 15 is 0 Å². The molecule has 1 heterocycles. The third kappa shape index (κ3) is 4.56. The molecule has 1 aliphatic rings. The highest BCUT2D eigenvalue weighted by Crippen LogP contribution is 2.25. The molecule has 1 saturated heterocycles. The van der Waals surface area contributed by atoms with Crippen LogP contribution in [0.5, 0.6) is 0 Å². The Bertz CT molecular complexity index is 391. The van der Waals surface area contributed by atoms with Crippen molar-refractivity contribution in [3.63, 3.8) is 0 Å². The van der Waals surface area contributed by atoms with E-state index in [2.05, 4.69) is 28.1 Å². The summed E-state index contributed by atoms with van der Waals surface area (Å²) in [5.74, 6) is 0. The first kappa shape index (κ1) is 15.0. The number of benzene rings is 1. The highest BCUT2D eigenvalue weighted by atomic mass is 79.9. The molecule has 2 N–H and O–H groups in total. The second-order valence-corrected chi connectivity index (χ2v) is 6.07. The van der Waals surface area contributed by atoms with Gasteiger partial charge in [0.15, 0.2) is 0 Å². The van der Waals surface area contributed by atoms with Gasteiger partial charge in [-0.2, -0.15) is 0 Å². The lowest BCUT2D eigenvalue weighted by atomic mass is 10.0. The number of rotatable bonds is 5. The summed E-state index contributed by atoms with van der Waals surface area (Å²) in [5, 5.41) is 0. The van der Waals surface area contributed by atoms with Crippen LogP contribution in [0.25, 0.3) is 0 Å². The zero-order chi connectivity index (χ0) is 13.7. The molecule has 0 spiro atoms. The van der Waals surface area contributed by atoms with Crippen molar-refractivity contribution >= 4 is 15.9 Å². The molecule has 106 valence electrons. The van der Waals surface area contributed by atoms with Crippen molar-refractivity contribution in [1.82, 2.24) is 0 Å². The molecular weight excluding hydrogens is 306 g/mol. The minimum absolute atomic E-state index is 0.0436. The zero-order valence-corrected chi connectivity index (χ0v) is 12.9. The van der Waals surface area contributed by atoms with E-state index in [-0.39, 0.29) is 18.2 Å². The first-order chi connectivity index (χ1) is 9.16. The Labute approximate surface area is 123 Å². The molecule has 2 rings (SSSR count). The first-order valence-electron chi connectivity index (χ1n) is 6.91. The highest BCUT2D eigenvalue weighted by molar-refractivity contribution is 9.10. The van der Waals surface area contributed by atoms with Crippen LogP contribution in [0.3, 0.4) is 0 Å². The van der Waals surface area contributed by atoms with E-state index in [0.29, 0.717) is 6.61 Å². The van der Waals surface area contributed by atoms with Gasteiger partial charge < -0.3 is 15.2 Å². The molecule has 3 atom stereocenters. The summed E-state index contributed by atoms with van der Waals surface area (Å²) >= 11 is 3.49. The van der Waals surface area contributed by atoms with Crippen molar-refractivity contribution in [1.29, 1.82) is 0 Å².